The van der Waals surface area contributed by atoms with Crippen molar-refractivity contribution in [3.8, 4) is 11.4 Å². The SMILES string of the molecule is O=C(c1nn(-c2ccccc2F)cc1O)N1CCC(O)CC1. The van der Waals surface area contributed by atoms with Crippen LogP contribution >= 0.6 is 0 Å². The van der Waals surface area contributed by atoms with E-state index in [0.29, 0.717) is 25.9 Å². The van der Waals surface area contributed by atoms with Gasteiger partial charge < -0.3 is 15.1 Å². The molecule has 1 aromatic heterocycles. The summed E-state index contributed by atoms with van der Waals surface area (Å²) in [7, 11) is 0. The van der Waals surface area contributed by atoms with Crippen LogP contribution in [0.2, 0.25) is 0 Å². The Kier molecular flexibility index (Phi) is 3.81. The third-order valence-corrected chi connectivity index (χ3v) is 3.75. The number of rotatable bonds is 2. The van der Waals surface area contributed by atoms with Crippen molar-refractivity contribution in [1.29, 1.82) is 0 Å². The molecule has 2 aromatic rings. The van der Waals surface area contributed by atoms with Crippen molar-refractivity contribution in [3.63, 3.8) is 0 Å². The number of piperidine rings is 1. The van der Waals surface area contributed by atoms with Crippen molar-refractivity contribution in [2.45, 2.75) is 18.9 Å². The van der Waals surface area contributed by atoms with Crippen molar-refractivity contribution in [1.82, 2.24) is 14.7 Å². The molecule has 1 amide bonds. The Morgan fingerprint density at radius 2 is 1.95 bits per heavy atom. The van der Waals surface area contributed by atoms with Crippen molar-refractivity contribution >= 4 is 5.91 Å². The number of amides is 1. The predicted octanol–water partition coefficient (Wildman–Crippen LogP) is 1.31. The Bertz CT molecular complexity index is 693. The van der Waals surface area contributed by atoms with Gasteiger partial charge in [0.1, 0.15) is 11.5 Å². The molecule has 3 rings (SSSR count). The fraction of sp³-hybridized carbons (Fsp3) is 0.333. The highest BCUT2D eigenvalue weighted by Crippen LogP contribution is 2.22. The largest absolute Gasteiger partial charge is 0.504 e. The number of likely N-dealkylation sites (tertiary alicyclic amines) is 1. The summed E-state index contributed by atoms with van der Waals surface area (Å²) in [5.74, 6) is -1.20. The van der Waals surface area contributed by atoms with E-state index in [9.17, 15) is 19.4 Å². The summed E-state index contributed by atoms with van der Waals surface area (Å²) < 4.78 is 14.9. The fourth-order valence-electron chi connectivity index (χ4n) is 2.50. The van der Waals surface area contributed by atoms with Gasteiger partial charge >= 0.3 is 0 Å². The van der Waals surface area contributed by atoms with E-state index < -0.39 is 17.8 Å². The molecule has 1 fully saturated rings. The van der Waals surface area contributed by atoms with Gasteiger partial charge in [0.2, 0.25) is 0 Å². The third kappa shape index (κ3) is 2.67. The third-order valence-electron chi connectivity index (χ3n) is 3.75. The zero-order valence-corrected chi connectivity index (χ0v) is 11.8. The Labute approximate surface area is 126 Å². The summed E-state index contributed by atoms with van der Waals surface area (Å²) in [6.07, 6.45) is 1.82. The maximum Gasteiger partial charge on any atom is 0.278 e. The lowest BCUT2D eigenvalue weighted by Gasteiger charge is -2.28. The van der Waals surface area contributed by atoms with Crippen molar-refractivity contribution in [2.24, 2.45) is 0 Å². The standard InChI is InChI=1S/C15H16FN3O3/c16-11-3-1-2-4-12(11)19-9-13(21)14(17-19)15(22)18-7-5-10(20)6-8-18/h1-4,9-10,20-21H,5-8H2. The highest BCUT2D eigenvalue weighted by molar-refractivity contribution is 5.94. The smallest absolute Gasteiger partial charge is 0.278 e. The second-order valence-corrected chi connectivity index (χ2v) is 5.28. The molecule has 2 N–H and O–H groups in total. The molecule has 1 aromatic carbocycles. The van der Waals surface area contributed by atoms with Crippen molar-refractivity contribution in [2.75, 3.05) is 13.1 Å². The lowest BCUT2D eigenvalue weighted by atomic mass is 10.1. The van der Waals surface area contributed by atoms with E-state index in [1.54, 1.807) is 12.1 Å². The molecule has 7 heteroatoms. The highest BCUT2D eigenvalue weighted by Gasteiger charge is 2.27. The maximum atomic E-state index is 13.7. The minimum Gasteiger partial charge on any atom is -0.504 e. The lowest BCUT2D eigenvalue weighted by molar-refractivity contribution is 0.0539. The van der Waals surface area contributed by atoms with Gasteiger partial charge in [-0.3, -0.25) is 4.79 Å². The maximum absolute atomic E-state index is 13.7. The summed E-state index contributed by atoms with van der Waals surface area (Å²) in [6, 6.07) is 5.98. The number of aromatic hydroxyl groups is 1. The molecule has 1 aliphatic heterocycles. The van der Waals surface area contributed by atoms with Crippen LogP contribution in [0.3, 0.4) is 0 Å². The molecule has 6 nitrogen and oxygen atoms in total. The molecule has 0 aliphatic carbocycles. The monoisotopic (exact) mass is 305 g/mol. The molecule has 0 saturated carbocycles. The molecule has 22 heavy (non-hydrogen) atoms. The average Bonchev–Trinajstić information content (AvgIpc) is 2.89. The minimum absolute atomic E-state index is 0.111. The first kappa shape index (κ1) is 14.5. The Morgan fingerprint density at radius 1 is 1.27 bits per heavy atom. The van der Waals surface area contributed by atoms with Crippen LogP contribution in [0.1, 0.15) is 23.3 Å². The zero-order valence-electron chi connectivity index (χ0n) is 11.8. The number of halogens is 1. The van der Waals surface area contributed by atoms with Crippen LogP contribution in [0.5, 0.6) is 5.75 Å². The van der Waals surface area contributed by atoms with Crippen LogP contribution in [0, 0.1) is 5.82 Å². The van der Waals surface area contributed by atoms with Crippen LogP contribution in [0.15, 0.2) is 30.5 Å². The molecule has 116 valence electrons. The molecule has 1 saturated heterocycles. The Hall–Kier alpha value is -2.41. The van der Waals surface area contributed by atoms with Crippen molar-refractivity contribution in [3.05, 3.63) is 42.0 Å². The summed E-state index contributed by atoms with van der Waals surface area (Å²) in [4.78, 5) is 13.9. The molecule has 1 aliphatic rings. The van der Waals surface area contributed by atoms with Gasteiger partial charge in [0.05, 0.1) is 12.3 Å². The molecule has 0 spiro atoms. The van der Waals surface area contributed by atoms with E-state index in [1.807, 2.05) is 0 Å². The first-order valence-electron chi connectivity index (χ1n) is 7.07. The van der Waals surface area contributed by atoms with E-state index in [2.05, 4.69) is 5.10 Å². The van der Waals surface area contributed by atoms with Crippen LogP contribution in [0.4, 0.5) is 4.39 Å². The van der Waals surface area contributed by atoms with E-state index in [4.69, 9.17) is 0 Å². The molecule has 0 radical (unpaired) electrons. The number of hydrogen-bond donors (Lipinski definition) is 2. The molecule has 2 heterocycles. The van der Waals surface area contributed by atoms with E-state index in [-0.39, 0.29) is 17.1 Å². The van der Waals surface area contributed by atoms with E-state index in [0.717, 1.165) is 4.68 Å². The van der Waals surface area contributed by atoms with Gasteiger partial charge in [-0.25, -0.2) is 9.07 Å². The number of benzene rings is 1. The summed E-state index contributed by atoms with van der Waals surface area (Å²) >= 11 is 0. The average molecular weight is 305 g/mol. The van der Waals surface area contributed by atoms with Gasteiger partial charge in [0, 0.05) is 13.1 Å². The minimum atomic E-state index is -0.495. The van der Waals surface area contributed by atoms with Gasteiger partial charge in [0.25, 0.3) is 5.91 Å². The van der Waals surface area contributed by atoms with Gasteiger partial charge in [0.15, 0.2) is 11.4 Å². The lowest BCUT2D eigenvalue weighted by Crippen LogP contribution is -2.40. The first-order chi connectivity index (χ1) is 10.6. The molecular weight excluding hydrogens is 289 g/mol. The second kappa shape index (κ2) is 5.76. The first-order valence-corrected chi connectivity index (χ1v) is 7.07. The topological polar surface area (TPSA) is 78.6 Å². The van der Waals surface area contributed by atoms with Gasteiger partial charge in [-0.05, 0) is 25.0 Å². The van der Waals surface area contributed by atoms with Gasteiger partial charge in [-0.2, -0.15) is 5.10 Å². The van der Waals surface area contributed by atoms with Crippen molar-refractivity contribution < 1.29 is 19.4 Å². The molecule has 0 bridgehead atoms. The molecule has 0 atom stereocenters. The number of carbonyl (C=O) groups is 1. The van der Waals surface area contributed by atoms with E-state index in [1.165, 1.54) is 23.2 Å². The normalized spacial score (nSPS) is 16.0. The van der Waals surface area contributed by atoms with Crippen LogP contribution in [0.25, 0.3) is 5.69 Å². The summed E-state index contributed by atoms with van der Waals surface area (Å²) in [5.41, 5.74) is 0.0468. The fourth-order valence-corrected chi connectivity index (χ4v) is 2.50. The van der Waals surface area contributed by atoms with E-state index >= 15 is 0 Å². The van der Waals surface area contributed by atoms with Crippen LogP contribution in [-0.2, 0) is 0 Å². The number of aromatic nitrogens is 2. The second-order valence-electron chi connectivity index (χ2n) is 5.28. The number of aliphatic hydroxyl groups is 1. The Balaban J connectivity index is 1.86. The predicted molar refractivity (Wildman–Crippen MR) is 76.3 cm³/mol. The van der Waals surface area contributed by atoms with Crippen LogP contribution in [-0.4, -0.2) is 50.0 Å². The molecule has 0 unspecified atom stereocenters. The number of hydrogen-bond acceptors (Lipinski definition) is 4. The quantitative estimate of drug-likeness (QED) is 0.877. The van der Waals surface area contributed by atoms with Crippen LogP contribution < -0.4 is 0 Å². The Morgan fingerprint density at radius 3 is 2.64 bits per heavy atom. The van der Waals surface area contributed by atoms with Gasteiger partial charge in [-0.15, -0.1) is 0 Å². The number of aliphatic hydroxyl groups excluding tert-OH is 1. The number of para-hydroxylation sites is 1. The zero-order chi connectivity index (χ0) is 15.7. The molecular formula is C15H16FN3O3. The van der Waals surface area contributed by atoms with Gasteiger partial charge in [-0.1, -0.05) is 12.1 Å². The number of nitrogens with zero attached hydrogens (tertiary/aromatic N) is 3. The highest BCUT2D eigenvalue weighted by atomic mass is 19.1. The number of carbonyl (C=O) groups excluding carboxylic acids is 1. The summed E-state index contributed by atoms with van der Waals surface area (Å²) in [6.45, 7) is 0.817. The summed E-state index contributed by atoms with van der Waals surface area (Å²) in [5, 5.41) is 23.4.